The van der Waals surface area contributed by atoms with E-state index in [2.05, 4.69) is 20.4 Å². The summed E-state index contributed by atoms with van der Waals surface area (Å²) in [5, 5.41) is 7.11. The van der Waals surface area contributed by atoms with Gasteiger partial charge >= 0.3 is 0 Å². The maximum atomic E-state index is 5.86. The Labute approximate surface area is 124 Å². The number of hydrogen-bond donors (Lipinski definition) is 1. The highest BCUT2D eigenvalue weighted by molar-refractivity contribution is 5.34. The van der Waals surface area contributed by atoms with Crippen molar-refractivity contribution in [1.29, 1.82) is 0 Å². The summed E-state index contributed by atoms with van der Waals surface area (Å²) in [6.45, 7) is 5.10. The molecule has 0 bridgehead atoms. The SMILES string of the molecule is CNc1cccc([C@H]2CN(Cc3cc(C)on3)CCO2)n1. The van der Waals surface area contributed by atoms with Crippen molar-refractivity contribution >= 4 is 5.82 Å². The Morgan fingerprint density at radius 2 is 2.33 bits per heavy atom. The van der Waals surface area contributed by atoms with Gasteiger partial charge in [0.1, 0.15) is 17.7 Å². The molecule has 1 N–H and O–H groups in total. The summed E-state index contributed by atoms with van der Waals surface area (Å²) in [5.74, 6) is 1.71. The van der Waals surface area contributed by atoms with Crippen molar-refractivity contribution in [2.45, 2.75) is 19.6 Å². The molecular weight excluding hydrogens is 268 g/mol. The minimum absolute atomic E-state index is 0.0000444. The van der Waals surface area contributed by atoms with E-state index in [-0.39, 0.29) is 6.10 Å². The van der Waals surface area contributed by atoms with Crippen molar-refractivity contribution in [1.82, 2.24) is 15.0 Å². The summed E-state index contributed by atoms with van der Waals surface area (Å²) >= 11 is 0. The van der Waals surface area contributed by atoms with Gasteiger partial charge in [0.15, 0.2) is 0 Å². The molecule has 0 aliphatic carbocycles. The third-order valence-electron chi connectivity index (χ3n) is 3.57. The van der Waals surface area contributed by atoms with Crippen LogP contribution >= 0.6 is 0 Å². The third kappa shape index (κ3) is 3.40. The number of hydrogen-bond acceptors (Lipinski definition) is 6. The Bertz CT molecular complexity index is 599. The van der Waals surface area contributed by atoms with Gasteiger partial charge in [-0.15, -0.1) is 0 Å². The minimum atomic E-state index is 0.0000444. The van der Waals surface area contributed by atoms with Crippen molar-refractivity contribution in [2.75, 3.05) is 32.1 Å². The molecule has 6 heteroatoms. The third-order valence-corrected chi connectivity index (χ3v) is 3.57. The number of pyridine rings is 1. The number of rotatable bonds is 4. The van der Waals surface area contributed by atoms with Gasteiger partial charge in [-0.1, -0.05) is 11.2 Å². The maximum absolute atomic E-state index is 5.86. The van der Waals surface area contributed by atoms with Crippen LogP contribution in [0.1, 0.15) is 23.3 Å². The smallest absolute Gasteiger partial charge is 0.133 e. The highest BCUT2D eigenvalue weighted by Crippen LogP contribution is 2.22. The molecule has 112 valence electrons. The molecular formula is C15H20N4O2. The summed E-state index contributed by atoms with van der Waals surface area (Å²) in [5.41, 5.74) is 1.92. The second kappa shape index (κ2) is 6.24. The molecule has 0 aromatic carbocycles. The Hall–Kier alpha value is -1.92. The Kier molecular flexibility index (Phi) is 4.17. The normalized spacial score (nSPS) is 19.6. The van der Waals surface area contributed by atoms with Crippen LogP contribution < -0.4 is 5.32 Å². The van der Waals surface area contributed by atoms with E-state index < -0.39 is 0 Å². The fourth-order valence-electron chi connectivity index (χ4n) is 2.52. The zero-order valence-electron chi connectivity index (χ0n) is 12.4. The van der Waals surface area contributed by atoms with Crippen LogP contribution in [0, 0.1) is 6.92 Å². The lowest BCUT2D eigenvalue weighted by Crippen LogP contribution is -2.38. The second-order valence-electron chi connectivity index (χ2n) is 5.22. The molecule has 3 heterocycles. The molecule has 21 heavy (non-hydrogen) atoms. The average molecular weight is 288 g/mol. The number of anilines is 1. The van der Waals surface area contributed by atoms with Gasteiger partial charge in [-0.2, -0.15) is 0 Å². The average Bonchev–Trinajstić information content (AvgIpc) is 2.93. The topological polar surface area (TPSA) is 63.4 Å². The number of aromatic nitrogens is 2. The number of nitrogens with zero attached hydrogens (tertiary/aromatic N) is 3. The van der Waals surface area contributed by atoms with E-state index in [0.29, 0.717) is 6.61 Å². The molecule has 2 aromatic rings. The summed E-state index contributed by atoms with van der Waals surface area (Å²) in [6.07, 6.45) is 0.0000444. The van der Waals surface area contributed by atoms with Gasteiger partial charge in [-0.05, 0) is 19.1 Å². The van der Waals surface area contributed by atoms with Gasteiger partial charge in [-0.25, -0.2) is 4.98 Å². The lowest BCUT2D eigenvalue weighted by atomic mass is 10.2. The monoisotopic (exact) mass is 288 g/mol. The molecule has 1 aliphatic heterocycles. The van der Waals surface area contributed by atoms with Crippen LogP contribution in [-0.2, 0) is 11.3 Å². The molecule has 1 aliphatic rings. The predicted molar refractivity (Wildman–Crippen MR) is 79.0 cm³/mol. The molecule has 3 rings (SSSR count). The van der Waals surface area contributed by atoms with Gasteiger partial charge in [0, 0.05) is 32.7 Å². The standard InChI is InChI=1S/C15H20N4O2/c1-11-8-12(18-21-11)9-19-6-7-20-14(10-19)13-4-3-5-15(16-2)17-13/h3-5,8,14H,6-7,9-10H2,1-2H3,(H,16,17)/t14-/m1/s1. The van der Waals surface area contributed by atoms with Crippen LogP contribution in [0.5, 0.6) is 0 Å². The summed E-state index contributed by atoms with van der Waals surface area (Å²) in [4.78, 5) is 6.88. The van der Waals surface area contributed by atoms with E-state index in [1.165, 1.54) is 0 Å². The van der Waals surface area contributed by atoms with Crippen molar-refractivity contribution < 1.29 is 9.26 Å². The van der Waals surface area contributed by atoms with Gasteiger partial charge in [0.25, 0.3) is 0 Å². The van der Waals surface area contributed by atoms with Crippen LogP contribution in [0.4, 0.5) is 5.82 Å². The molecule has 6 nitrogen and oxygen atoms in total. The number of aryl methyl sites for hydroxylation is 1. The maximum Gasteiger partial charge on any atom is 0.133 e. The van der Waals surface area contributed by atoms with Crippen LogP contribution in [0.25, 0.3) is 0 Å². The predicted octanol–water partition coefficient (Wildman–Crippen LogP) is 1.99. The minimum Gasteiger partial charge on any atom is -0.373 e. The summed E-state index contributed by atoms with van der Waals surface area (Å²) in [6, 6.07) is 7.93. The molecule has 0 radical (unpaired) electrons. The van der Waals surface area contributed by atoms with Gasteiger partial charge in [0.05, 0.1) is 18.0 Å². The Balaban J connectivity index is 1.67. The van der Waals surface area contributed by atoms with E-state index in [1.54, 1.807) is 0 Å². The molecule has 1 fully saturated rings. The van der Waals surface area contributed by atoms with Crippen molar-refractivity contribution in [3.05, 3.63) is 41.4 Å². The zero-order valence-corrected chi connectivity index (χ0v) is 12.4. The first kappa shape index (κ1) is 14.0. The van der Waals surface area contributed by atoms with Crippen LogP contribution in [0.15, 0.2) is 28.8 Å². The fourth-order valence-corrected chi connectivity index (χ4v) is 2.52. The summed E-state index contributed by atoms with van der Waals surface area (Å²) < 4.78 is 11.0. The van der Waals surface area contributed by atoms with E-state index in [0.717, 1.165) is 42.6 Å². The van der Waals surface area contributed by atoms with Crippen LogP contribution in [0.2, 0.25) is 0 Å². The lowest BCUT2D eigenvalue weighted by Gasteiger charge is -2.32. The molecule has 0 saturated carbocycles. The van der Waals surface area contributed by atoms with Crippen molar-refractivity contribution in [3.63, 3.8) is 0 Å². The number of morpholine rings is 1. The highest BCUT2D eigenvalue weighted by Gasteiger charge is 2.23. The van der Waals surface area contributed by atoms with Crippen LogP contribution in [-0.4, -0.2) is 41.8 Å². The van der Waals surface area contributed by atoms with E-state index in [9.17, 15) is 0 Å². The summed E-state index contributed by atoms with van der Waals surface area (Å²) in [7, 11) is 1.87. The van der Waals surface area contributed by atoms with E-state index in [4.69, 9.17) is 9.26 Å². The van der Waals surface area contributed by atoms with Crippen molar-refractivity contribution in [3.8, 4) is 0 Å². The van der Waals surface area contributed by atoms with Crippen LogP contribution in [0.3, 0.4) is 0 Å². The van der Waals surface area contributed by atoms with Crippen molar-refractivity contribution in [2.24, 2.45) is 0 Å². The Morgan fingerprint density at radius 1 is 1.43 bits per heavy atom. The molecule has 2 aromatic heterocycles. The lowest BCUT2D eigenvalue weighted by molar-refractivity contribution is -0.0355. The van der Waals surface area contributed by atoms with E-state index in [1.807, 2.05) is 38.2 Å². The highest BCUT2D eigenvalue weighted by atomic mass is 16.5. The number of ether oxygens (including phenoxy) is 1. The van der Waals surface area contributed by atoms with Gasteiger partial charge in [0.2, 0.25) is 0 Å². The van der Waals surface area contributed by atoms with Gasteiger partial charge < -0.3 is 14.6 Å². The molecule has 0 amide bonds. The number of nitrogens with one attached hydrogen (secondary N) is 1. The second-order valence-corrected chi connectivity index (χ2v) is 5.22. The fraction of sp³-hybridized carbons (Fsp3) is 0.467. The first-order valence-corrected chi connectivity index (χ1v) is 7.15. The quantitative estimate of drug-likeness (QED) is 0.928. The largest absolute Gasteiger partial charge is 0.373 e. The first-order chi connectivity index (χ1) is 10.2. The first-order valence-electron chi connectivity index (χ1n) is 7.15. The molecule has 0 unspecified atom stereocenters. The Morgan fingerprint density at radius 3 is 3.10 bits per heavy atom. The molecule has 0 spiro atoms. The van der Waals surface area contributed by atoms with E-state index >= 15 is 0 Å². The zero-order chi connectivity index (χ0) is 14.7. The molecule has 1 saturated heterocycles. The van der Waals surface area contributed by atoms with Gasteiger partial charge in [-0.3, -0.25) is 4.90 Å². The molecule has 1 atom stereocenters.